The Morgan fingerprint density at radius 2 is 1.83 bits per heavy atom. The van der Waals surface area contributed by atoms with Crippen LogP contribution in [-0.2, 0) is 10.9 Å². The molecule has 3 aromatic rings. The molecule has 3 rings (SSSR count). The molecule has 8 nitrogen and oxygen atoms in total. The van der Waals surface area contributed by atoms with Crippen molar-refractivity contribution in [2.45, 2.75) is 6.18 Å². The predicted molar refractivity (Wildman–Crippen MR) is 124 cm³/mol. The van der Waals surface area contributed by atoms with Gasteiger partial charge in [-0.1, -0.05) is 23.2 Å². The van der Waals surface area contributed by atoms with Crippen LogP contribution in [0.5, 0.6) is 17.2 Å². The maximum atomic E-state index is 12.9. The predicted octanol–water partition coefficient (Wildman–Crippen LogP) is 7.05. The molecular weight excluding hydrogens is 536 g/mol. The first kappa shape index (κ1) is 26.5. The van der Waals surface area contributed by atoms with Crippen molar-refractivity contribution in [3.05, 3.63) is 72.4 Å². The first-order valence-corrected chi connectivity index (χ1v) is 11.2. The minimum absolute atomic E-state index is 0.00735. The van der Waals surface area contributed by atoms with E-state index in [2.05, 4.69) is 5.32 Å². The molecule has 0 bridgehead atoms. The van der Waals surface area contributed by atoms with E-state index in [4.69, 9.17) is 37.4 Å². The fraction of sp³-hybridized carbons (Fsp3) is 0.190. The van der Waals surface area contributed by atoms with Crippen LogP contribution < -0.4 is 14.8 Å². The summed E-state index contributed by atoms with van der Waals surface area (Å²) < 4.78 is 54.7. The summed E-state index contributed by atoms with van der Waals surface area (Å²) in [5.41, 5.74) is -1.95. The Balaban J connectivity index is 1.85. The highest BCUT2D eigenvalue weighted by Crippen LogP contribution is 2.40. The van der Waals surface area contributed by atoms with Crippen LogP contribution in [0, 0.1) is 10.1 Å². The number of benzene rings is 2. The smallest absolute Gasteiger partial charge is 0.416 e. The van der Waals surface area contributed by atoms with E-state index in [-0.39, 0.29) is 38.7 Å². The number of anilines is 1. The van der Waals surface area contributed by atoms with Gasteiger partial charge in [0.05, 0.1) is 32.8 Å². The Hall–Kier alpha value is -3.06. The Morgan fingerprint density at radius 3 is 2.49 bits per heavy atom. The lowest BCUT2D eigenvalue weighted by Gasteiger charge is -2.13. The minimum Gasteiger partial charge on any atom is -0.490 e. The van der Waals surface area contributed by atoms with Crippen molar-refractivity contribution in [2.24, 2.45) is 0 Å². The number of alkyl halides is 3. The zero-order valence-electron chi connectivity index (χ0n) is 17.7. The summed E-state index contributed by atoms with van der Waals surface area (Å²) in [7, 11) is 1.50. The van der Waals surface area contributed by atoms with Gasteiger partial charge in [-0.3, -0.25) is 14.9 Å². The lowest BCUT2D eigenvalue weighted by Crippen LogP contribution is -2.12. The van der Waals surface area contributed by atoms with Gasteiger partial charge in [-0.2, -0.15) is 13.2 Å². The summed E-state index contributed by atoms with van der Waals surface area (Å²) in [5.74, 6) is -1.01. The molecule has 0 saturated carbocycles. The number of nitrogens with zero attached hydrogens (tertiary/aromatic N) is 1. The highest BCUT2D eigenvalue weighted by Gasteiger charge is 2.33. The largest absolute Gasteiger partial charge is 0.490 e. The molecule has 14 heteroatoms. The van der Waals surface area contributed by atoms with Crippen molar-refractivity contribution >= 4 is 51.8 Å². The molecule has 0 aliphatic rings. The van der Waals surface area contributed by atoms with E-state index in [1.807, 2.05) is 0 Å². The molecule has 1 aromatic heterocycles. The second-order valence-corrected chi connectivity index (χ2v) is 8.44. The number of thiophene rings is 1. The number of hydrogen-bond acceptors (Lipinski definition) is 7. The van der Waals surface area contributed by atoms with Crippen LogP contribution >= 0.6 is 34.5 Å². The molecule has 0 fully saturated rings. The zero-order chi connectivity index (χ0) is 25.8. The van der Waals surface area contributed by atoms with Gasteiger partial charge in [0.25, 0.3) is 5.91 Å². The first-order valence-electron chi connectivity index (χ1n) is 9.54. The molecule has 1 N–H and O–H groups in total. The number of nitro groups is 1. The Kier molecular flexibility index (Phi) is 8.43. The van der Waals surface area contributed by atoms with Gasteiger partial charge in [0.1, 0.15) is 17.2 Å². The number of halogens is 5. The van der Waals surface area contributed by atoms with Gasteiger partial charge in [0.2, 0.25) is 5.75 Å². The highest BCUT2D eigenvalue weighted by molar-refractivity contribution is 7.12. The Labute approximate surface area is 210 Å². The van der Waals surface area contributed by atoms with Crippen molar-refractivity contribution in [1.29, 1.82) is 0 Å². The monoisotopic (exact) mass is 550 g/mol. The number of carbonyl (C=O) groups is 1. The summed E-state index contributed by atoms with van der Waals surface area (Å²) in [6, 6.07) is 5.96. The molecule has 0 spiro atoms. The fourth-order valence-corrected chi connectivity index (χ4v) is 3.93. The highest BCUT2D eigenvalue weighted by atomic mass is 35.5. The number of nitro benzene ring substituents is 1. The number of ether oxygens (including phenoxy) is 3. The van der Waals surface area contributed by atoms with E-state index in [9.17, 15) is 28.1 Å². The molecule has 0 unspecified atom stereocenters. The molecule has 2 aromatic carbocycles. The van der Waals surface area contributed by atoms with E-state index in [1.54, 1.807) is 0 Å². The molecule has 35 heavy (non-hydrogen) atoms. The molecule has 1 amide bonds. The van der Waals surface area contributed by atoms with Crippen molar-refractivity contribution in [1.82, 2.24) is 0 Å². The van der Waals surface area contributed by atoms with Crippen molar-refractivity contribution in [3.63, 3.8) is 0 Å². The van der Waals surface area contributed by atoms with Crippen LogP contribution in [-0.4, -0.2) is 31.2 Å². The van der Waals surface area contributed by atoms with E-state index in [0.29, 0.717) is 18.7 Å². The van der Waals surface area contributed by atoms with Gasteiger partial charge in [0.15, 0.2) is 5.75 Å². The normalized spacial score (nSPS) is 11.3. The molecule has 0 saturated heterocycles. The summed E-state index contributed by atoms with van der Waals surface area (Å²) in [6.07, 6.45) is -4.78. The van der Waals surface area contributed by atoms with E-state index < -0.39 is 34.0 Å². The average molecular weight is 551 g/mol. The fourth-order valence-electron chi connectivity index (χ4n) is 2.73. The minimum atomic E-state index is -4.78. The third-order valence-corrected chi connectivity index (χ3v) is 5.86. The van der Waals surface area contributed by atoms with Gasteiger partial charge in [-0.25, -0.2) is 0 Å². The molecule has 0 atom stereocenters. The molecule has 186 valence electrons. The number of amides is 1. The summed E-state index contributed by atoms with van der Waals surface area (Å²) in [5, 5.41) is 15.7. The zero-order valence-corrected chi connectivity index (χ0v) is 20.0. The van der Waals surface area contributed by atoms with Crippen molar-refractivity contribution in [2.75, 3.05) is 25.6 Å². The molecule has 0 aliphatic carbocycles. The average Bonchev–Trinajstić information content (AvgIpc) is 3.24. The first-order chi connectivity index (χ1) is 16.5. The van der Waals surface area contributed by atoms with Gasteiger partial charge in [0, 0.05) is 19.2 Å². The third-order valence-electron chi connectivity index (χ3n) is 4.35. The molecular formula is C21H15Cl2F3N2O6S. The summed E-state index contributed by atoms with van der Waals surface area (Å²) >= 11 is 13.2. The van der Waals surface area contributed by atoms with Crippen LogP contribution in [0.25, 0.3) is 0 Å². The SMILES string of the molecule is COCCOc1cc(NC(=O)c2sccc2Oc2ccc(C(F)(F)F)cc2[N+](=O)[O-])c(Cl)cc1Cl. The summed E-state index contributed by atoms with van der Waals surface area (Å²) in [6.45, 7) is 0.493. The van der Waals surface area contributed by atoms with Crippen LogP contribution in [0.2, 0.25) is 10.0 Å². The van der Waals surface area contributed by atoms with Gasteiger partial charge in [-0.05, 0) is 29.6 Å². The van der Waals surface area contributed by atoms with Gasteiger partial charge >= 0.3 is 11.9 Å². The Morgan fingerprint density at radius 1 is 1.09 bits per heavy atom. The second-order valence-electron chi connectivity index (χ2n) is 6.71. The van der Waals surface area contributed by atoms with Crippen LogP contribution in [0.3, 0.4) is 0 Å². The lowest BCUT2D eigenvalue weighted by molar-refractivity contribution is -0.385. The van der Waals surface area contributed by atoms with Crippen LogP contribution in [0.4, 0.5) is 24.5 Å². The number of rotatable bonds is 9. The van der Waals surface area contributed by atoms with Crippen molar-refractivity contribution in [3.8, 4) is 17.2 Å². The number of hydrogen-bond donors (Lipinski definition) is 1. The molecule has 0 aliphatic heterocycles. The third kappa shape index (κ3) is 6.54. The lowest BCUT2D eigenvalue weighted by atomic mass is 10.2. The maximum Gasteiger partial charge on any atom is 0.416 e. The number of nitrogens with one attached hydrogen (secondary N) is 1. The van der Waals surface area contributed by atoms with Gasteiger partial charge in [-0.15, -0.1) is 11.3 Å². The quantitative estimate of drug-likeness (QED) is 0.174. The summed E-state index contributed by atoms with van der Waals surface area (Å²) in [4.78, 5) is 23.2. The van der Waals surface area contributed by atoms with E-state index >= 15 is 0 Å². The van der Waals surface area contributed by atoms with E-state index in [1.165, 1.54) is 30.7 Å². The number of methoxy groups -OCH3 is 1. The number of carbonyl (C=O) groups excluding carboxylic acids is 1. The van der Waals surface area contributed by atoms with Crippen LogP contribution in [0.1, 0.15) is 15.2 Å². The van der Waals surface area contributed by atoms with Crippen LogP contribution in [0.15, 0.2) is 41.8 Å². The standard InChI is InChI=1S/C21H15Cl2F3N2O6S/c1-32-5-6-33-18-10-14(12(22)9-13(18)23)27-20(29)19-17(4-7-35-19)34-16-3-2-11(21(24,25)26)8-15(16)28(30)31/h2-4,7-10H,5-6H2,1H3,(H,27,29). The second kappa shape index (κ2) is 11.1. The Bertz CT molecular complexity index is 1250. The maximum absolute atomic E-state index is 12.9. The van der Waals surface area contributed by atoms with E-state index in [0.717, 1.165) is 17.4 Å². The van der Waals surface area contributed by atoms with Crippen molar-refractivity contribution < 1.29 is 37.1 Å². The molecule has 1 heterocycles. The van der Waals surface area contributed by atoms with Gasteiger partial charge < -0.3 is 19.5 Å². The molecule has 0 radical (unpaired) electrons. The topological polar surface area (TPSA) is 99.9 Å².